The number of anilines is 2. The predicted molar refractivity (Wildman–Crippen MR) is 104 cm³/mol. The maximum Gasteiger partial charge on any atom is 0.220 e. The summed E-state index contributed by atoms with van der Waals surface area (Å²) in [6.45, 7) is 5.44. The molecule has 138 valence electrons. The number of hydrogen-bond acceptors (Lipinski definition) is 5. The number of amides is 1. The highest BCUT2D eigenvalue weighted by Crippen LogP contribution is 2.20. The highest BCUT2D eigenvalue weighted by Gasteiger charge is 2.13. The number of carbonyl (C=O) groups excluding carboxylic acids is 1. The van der Waals surface area contributed by atoms with Gasteiger partial charge in [0.25, 0.3) is 0 Å². The van der Waals surface area contributed by atoms with Crippen molar-refractivity contribution in [1.29, 1.82) is 0 Å². The molecule has 6 nitrogen and oxygen atoms in total. The minimum Gasteiger partial charge on any atom is -0.370 e. The standard InChI is InChI=1S/C20H27N5O/c1-16-5-4-6-17(13-16)7-8-20(26)22-10-9-21-19-14-18(15-23-24-19)25-11-2-3-12-25/h4-6,13-15H,2-3,7-12H2,1H3,(H,21,24)(H,22,26). The molecular formula is C20H27N5O. The molecule has 1 aromatic heterocycles. The van der Waals surface area contributed by atoms with Crippen molar-refractivity contribution in [2.45, 2.75) is 32.6 Å². The van der Waals surface area contributed by atoms with E-state index in [-0.39, 0.29) is 5.91 Å². The average molecular weight is 353 g/mol. The van der Waals surface area contributed by atoms with Gasteiger partial charge in [-0.1, -0.05) is 29.8 Å². The first-order valence-electron chi connectivity index (χ1n) is 9.34. The van der Waals surface area contributed by atoms with Crippen molar-refractivity contribution in [2.75, 3.05) is 36.4 Å². The van der Waals surface area contributed by atoms with E-state index in [1.165, 1.54) is 24.0 Å². The van der Waals surface area contributed by atoms with Crippen molar-refractivity contribution in [3.05, 3.63) is 47.7 Å². The van der Waals surface area contributed by atoms with Crippen LogP contribution in [0.15, 0.2) is 36.5 Å². The topological polar surface area (TPSA) is 70.2 Å². The Balaban J connectivity index is 1.36. The fraction of sp³-hybridized carbons (Fsp3) is 0.450. The summed E-state index contributed by atoms with van der Waals surface area (Å²) >= 11 is 0. The predicted octanol–water partition coefficient (Wildman–Crippen LogP) is 2.55. The molecule has 3 rings (SSSR count). The number of aromatic nitrogens is 2. The first-order valence-corrected chi connectivity index (χ1v) is 9.34. The van der Waals surface area contributed by atoms with Crippen LogP contribution in [0.1, 0.15) is 30.4 Å². The van der Waals surface area contributed by atoms with Gasteiger partial charge in [-0.15, -0.1) is 5.10 Å². The van der Waals surface area contributed by atoms with E-state index in [0.717, 1.165) is 31.0 Å². The van der Waals surface area contributed by atoms with Crippen molar-refractivity contribution in [3.8, 4) is 0 Å². The Hall–Kier alpha value is -2.63. The fourth-order valence-electron chi connectivity index (χ4n) is 3.20. The molecule has 26 heavy (non-hydrogen) atoms. The molecule has 0 atom stereocenters. The molecule has 2 N–H and O–H groups in total. The molecular weight excluding hydrogens is 326 g/mol. The van der Waals surface area contributed by atoms with Gasteiger partial charge in [0.1, 0.15) is 0 Å². The van der Waals surface area contributed by atoms with Gasteiger partial charge in [0.05, 0.1) is 11.9 Å². The Kier molecular flexibility index (Phi) is 6.41. The van der Waals surface area contributed by atoms with Gasteiger partial charge < -0.3 is 15.5 Å². The van der Waals surface area contributed by atoms with Crippen LogP contribution in [0.25, 0.3) is 0 Å². The smallest absolute Gasteiger partial charge is 0.220 e. The van der Waals surface area contributed by atoms with Crippen LogP contribution in [-0.4, -0.2) is 42.3 Å². The molecule has 2 heterocycles. The van der Waals surface area contributed by atoms with Gasteiger partial charge in [-0.3, -0.25) is 4.79 Å². The second kappa shape index (κ2) is 9.17. The van der Waals surface area contributed by atoms with Gasteiger partial charge in [-0.25, -0.2) is 0 Å². The third-order valence-corrected chi connectivity index (χ3v) is 4.59. The number of aryl methyl sites for hydroxylation is 2. The molecule has 1 aromatic carbocycles. The van der Waals surface area contributed by atoms with E-state index in [0.29, 0.717) is 19.5 Å². The molecule has 1 aliphatic heterocycles. The lowest BCUT2D eigenvalue weighted by Crippen LogP contribution is -2.29. The molecule has 1 saturated heterocycles. The third kappa shape index (κ3) is 5.44. The summed E-state index contributed by atoms with van der Waals surface area (Å²) in [4.78, 5) is 14.3. The van der Waals surface area contributed by atoms with Crippen molar-refractivity contribution in [2.24, 2.45) is 0 Å². The summed E-state index contributed by atoms with van der Waals surface area (Å²) in [6.07, 6.45) is 5.56. The van der Waals surface area contributed by atoms with Crippen LogP contribution in [0.2, 0.25) is 0 Å². The number of benzene rings is 1. The van der Waals surface area contributed by atoms with E-state index >= 15 is 0 Å². The van der Waals surface area contributed by atoms with E-state index in [2.05, 4.69) is 50.9 Å². The number of nitrogens with zero attached hydrogens (tertiary/aromatic N) is 3. The zero-order chi connectivity index (χ0) is 18.2. The number of carbonyl (C=O) groups is 1. The van der Waals surface area contributed by atoms with E-state index in [1.807, 2.05) is 18.3 Å². The van der Waals surface area contributed by atoms with Crippen LogP contribution in [0.3, 0.4) is 0 Å². The van der Waals surface area contributed by atoms with E-state index < -0.39 is 0 Å². The Labute approximate surface area is 155 Å². The lowest BCUT2D eigenvalue weighted by molar-refractivity contribution is -0.120. The maximum atomic E-state index is 12.0. The van der Waals surface area contributed by atoms with Crippen molar-refractivity contribution >= 4 is 17.4 Å². The Bertz CT molecular complexity index is 728. The zero-order valence-electron chi connectivity index (χ0n) is 15.4. The summed E-state index contributed by atoms with van der Waals surface area (Å²) in [5, 5.41) is 14.4. The molecule has 0 aliphatic carbocycles. The highest BCUT2D eigenvalue weighted by molar-refractivity contribution is 5.76. The van der Waals surface area contributed by atoms with Gasteiger partial charge >= 0.3 is 0 Å². The molecule has 0 bridgehead atoms. The summed E-state index contributed by atoms with van der Waals surface area (Å²) < 4.78 is 0. The fourth-order valence-corrected chi connectivity index (χ4v) is 3.20. The first kappa shape index (κ1) is 18.2. The molecule has 0 radical (unpaired) electrons. The van der Waals surface area contributed by atoms with Crippen LogP contribution in [0.4, 0.5) is 11.5 Å². The van der Waals surface area contributed by atoms with Gasteiger partial charge in [0, 0.05) is 38.7 Å². The maximum absolute atomic E-state index is 12.0. The quantitative estimate of drug-likeness (QED) is 0.714. The van der Waals surface area contributed by atoms with Crippen LogP contribution < -0.4 is 15.5 Å². The van der Waals surface area contributed by atoms with Crippen LogP contribution >= 0.6 is 0 Å². The number of rotatable bonds is 8. The molecule has 1 amide bonds. The first-order chi connectivity index (χ1) is 12.7. The molecule has 1 fully saturated rings. The van der Waals surface area contributed by atoms with E-state index in [9.17, 15) is 4.79 Å². The average Bonchev–Trinajstić information content (AvgIpc) is 3.19. The molecule has 0 unspecified atom stereocenters. The normalized spacial score (nSPS) is 13.7. The van der Waals surface area contributed by atoms with Crippen molar-refractivity contribution in [1.82, 2.24) is 15.5 Å². The SMILES string of the molecule is Cc1cccc(CCC(=O)NCCNc2cc(N3CCCC3)cnn2)c1. The number of nitrogens with one attached hydrogen (secondary N) is 2. The van der Waals surface area contributed by atoms with Crippen LogP contribution in [0.5, 0.6) is 0 Å². The summed E-state index contributed by atoms with van der Waals surface area (Å²) in [7, 11) is 0. The Morgan fingerprint density at radius 3 is 2.85 bits per heavy atom. The second-order valence-electron chi connectivity index (χ2n) is 6.76. The van der Waals surface area contributed by atoms with E-state index in [4.69, 9.17) is 0 Å². The number of hydrogen-bond donors (Lipinski definition) is 2. The van der Waals surface area contributed by atoms with Gasteiger partial charge in [0.15, 0.2) is 5.82 Å². The zero-order valence-corrected chi connectivity index (χ0v) is 15.4. The summed E-state index contributed by atoms with van der Waals surface area (Å²) in [6, 6.07) is 10.3. The third-order valence-electron chi connectivity index (χ3n) is 4.59. The minimum absolute atomic E-state index is 0.0743. The van der Waals surface area contributed by atoms with Gasteiger partial charge in [-0.05, 0) is 31.7 Å². The largest absolute Gasteiger partial charge is 0.370 e. The minimum atomic E-state index is 0.0743. The van der Waals surface area contributed by atoms with Gasteiger partial charge in [-0.2, -0.15) is 5.10 Å². The summed E-state index contributed by atoms with van der Waals surface area (Å²) in [5.74, 6) is 0.827. The highest BCUT2D eigenvalue weighted by atomic mass is 16.1. The second-order valence-corrected chi connectivity index (χ2v) is 6.76. The molecule has 0 spiro atoms. The van der Waals surface area contributed by atoms with Crippen molar-refractivity contribution in [3.63, 3.8) is 0 Å². The monoisotopic (exact) mass is 353 g/mol. The lowest BCUT2D eigenvalue weighted by Gasteiger charge is -2.17. The molecule has 0 saturated carbocycles. The summed E-state index contributed by atoms with van der Waals surface area (Å²) in [5.41, 5.74) is 3.54. The van der Waals surface area contributed by atoms with Crippen LogP contribution in [0, 0.1) is 6.92 Å². The van der Waals surface area contributed by atoms with Gasteiger partial charge in [0.2, 0.25) is 5.91 Å². The molecule has 1 aliphatic rings. The Morgan fingerprint density at radius 2 is 2.04 bits per heavy atom. The lowest BCUT2D eigenvalue weighted by atomic mass is 10.1. The molecule has 2 aromatic rings. The molecule has 6 heteroatoms. The van der Waals surface area contributed by atoms with Crippen molar-refractivity contribution < 1.29 is 4.79 Å². The Morgan fingerprint density at radius 1 is 1.19 bits per heavy atom. The van der Waals surface area contributed by atoms with Crippen LogP contribution in [-0.2, 0) is 11.2 Å². The van der Waals surface area contributed by atoms with E-state index in [1.54, 1.807) is 0 Å².